The van der Waals surface area contributed by atoms with Gasteiger partial charge in [0.25, 0.3) is 5.69 Å². The van der Waals surface area contributed by atoms with Gasteiger partial charge in [0.05, 0.1) is 11.2 Å². The SMILES string of the molecule is CCN(CC)C(=S)S/C(=N\OS(C)(=O)=O)c1ccc([N+](=O)[O-])cc1. The van der Waals surface area contributed by atoms with Crippen molar-refractivity contribution in [1.29, 1.82) is 0 Å². The first-order valence-electron chi connectivity index (χ1n) is 6.86. The van der Waals surface area contributed by atoms with Crippen molar-refractivity contribution in [3.63, 3.8) is 0 Å². The van der Waals surface area contributed by atoms with E-state index in [1.807, 2.05) is 18.7 Å². The van der Waals surface area contributed by atoms with E-state index >= 15 is 0 Å². The van der Waals surface area contributed by atoms with Gasteiger partial charge in [-0.25, -0.2) is 0 Å². The molecule has 0 spiro atoms. The molecule has 0 aromatic heterocycles. The third-order valence-electron chi connectivity index (χ3n) is 2.79. The van der Waals surface area contributed by atoms with Gasteiger partial charge in [0.15, 0.2) is 5.04 Å². The Bertz CT molecular complexity index is 728. The Balaban J connectivity index is 3.13. The summed E-state index contributed by atoms with van der Waals surface area (Å²) in [6, 6.07) is 5.51. The van der Waals surface area contributed by atoms with Gasteiger partial charge in [0.1, 0.15) is 4.32 Å². The number of non-ortho nitro benzene ring substituents is 1. The van der Waals surface area contributed by atoms with E-state index in [2.05, 4.69) is 9.44 Å². The van der Waals surface area contributed by atoms with Crippen LogP contribution in [-0.4, -0.2) is 47.0 Å². The molecule has 1 aromatic rings. The van der Waals surface area contributed by atoms with Crippen LogP contribution in [0, 0.1) is 10.1 Å². The van der Waals surface area contributed by atoms with Gasteiger partial charge in [0.2, 0.25) is 0 Å². The van der Waals surface area contributed by atoms with Crippen LogP contribution in [0.3, 0.4) is 0 Å². The summed E-state index contributed by atoms with van der Waals surface area (Å²) in [4.78, 5) is 12.1. The van der Waals surface area contributed by atoms with E-state index in [1.54, 1.807) is 0 Å². The Hall–Kier alpha value is -1.72. The first kappa shape index (κ1) is 20.3. The molecule has 8 nitrogen and oxygen atoms in total. The van der Waals surface area contributed by atoms with Crippen LogP contribution >= 0.6 is 24.0 Å². The zero-order chi connectivity index (χ0) is 18.3. The van der Waals surface area contributed by atoms with Crippen molar-refractivity contribution in [2.75, 3.05) is 19.3 Å². The number of benzene rings is 1. The highest BCUT2D eigenvalue weighted by Crippen LogP contribution is 2.21. The normalized spacial score (nSPS) is 11.9. The van der Waals surface area contributed by atoms with Crippen molar-refractivity contribution < 1.29 is 17.6 Å². The number of thiocarbonyl (C=S) groups is 1. The first-order chi connectivity index (χ1) is 11.2. The van der Waals surface area contributed by atoms with Crippen LogP contribution in [0.1, 0.15) is 19.4 Å². The summed E-state index contributed by atoms with van der Waals surface area (Å²) in [5, 5.41) is 14.6. The number of thioether (sulfide) groups is 1. The smallest absolute Gasteiger partial charge is 0.325 e. The molecule has 11 heteroatoms. The second-order valence-corrected chi connectivity index (χ2v) is 7.70. The standard InChI is InChI=1S/C13H17N3O5S3/c1-4-15(5-2)13(22)23-12(14-21-24(3,19)20)10-6-8-11(9-7-10)16(17)18/h6-9H,4-5H2,1-3H3/b14-12-. The third kappa shape index (κ3) is 6.42. The average molecular weight is 391 g/mol. The van der Waals surface area contributed by atoms with Crippen molar-refractivity contribution in [2.45, 2.75) is 13.8 Å². The zero-order valence-electron chi connectivity index (χ0n) is 13.3. The molecule has 0 fully saturated rings. The second kappa shape index (κ2) is 8.94. The van der Waals surface area contributed by atoms with Gasteiger partial charge in [-0.1, -0.05) is 17.4 Å². The Morgan fingerprint density at radius 2 is 1.88 bits per heavy atom. The second-order valence-electron chi connectivity index (χ2n) is 4.52. The number of nitro groups is 1. The topological polar surface area (TPSA) is 102 Å². The Kier molecular flexibility index (Phi) is 7.58. The maximum atomic E-state index is 11.2. The molecule has 0 radical (unpaired) electrons. The van der Waals surface area contributed by atoms with Gasteiger partial charge in [-0.3, -0.25) is 14.4 Å². The van der Waals surface area contributed by atoms with E-state index in [-0.39, 0.29) is 10.7 Å². The largest absolute Gasteiger partial charge is 0.358 e. The molecule has 0 saturated heterocycles. The molecule has 24 heavy (non-hydrogen) atoms. The van der Waals surface area contributed by atoms with E-state index < -0.39 is 15.0 Å². The van der Waals surface area contributed by atoms with Crippen LogP contribution in [0.25, 0.3) is 0 Å². The van der Waals surface area contributed by atoms with Crippen molar-refractivity contribution in [3.8, 4) is 0 Å². The van der Waals surface area contributed by atoms with Gasteiger partial charge < -0.3 is 4.90 Å². The van der Waals surface area contributed by atoms with E-state index in [9.17, 15) is 18.5 Å². The Morgan fingerprint density at radius 1 is 1.33 bits per heavy atom. The summed E-state index contributed by atoms with van der Waals surface area (Å²) in [6.07, 6.45) is 0.872. The van der Waals surface area contributed by atoms with Crippen LogP contribution < -0.4 is 0 Å². The fourth-order valence-electron chi connectivity index (χ4n) is 1.59. The molecule has 0 aliphatic carbocycles. The molecule has 1 rings (SSSR count). The minimum absolute atomic E-state index is 0.0848. The van der Waals surface area contributed by atoms with Crippen LogP contribution in [0.5, 0.6) is 0 Å². The van der Waals surface area contributed by atoms with Gasteiger partial charge in [0, 0.05) is 30.8 Å². The number of oxime groups is 1. The van der Waals surface area contributed by atoms with Crippen LogP contribution in [0.2, 0.25) is 0 Å². The van der Waals surface area contributed by atoms with E-state index in [4.69, 9.17) is 12.2 Å². The van der Waals surface area contributed by atoms with E-state index in [0.717, 1.165) is 18.0 Å². The maximum absolute atomic E-state index is 11.2. The summed E-state index contributed by atoms with van der Waals surface area (Å²) < 4.78 is 27.3. The minimum Gasteiger partial charge on any atom is -0.358 e. The number of hydrogen-bond acceptors (Lipinski definition) is 8. The molecule has 1 aromatic carbocycles. The van der Waals surface area contributed by atoms with Gasteiger partial charge >= 0.3 is 10.1 Å². The highest BCUT2D eigenvalue weighted by Gasteiger charge is 2.16. The summed E-state index contributed by atoms with van der Waals surface area (Å²) in [5.41, 5.74) is 0.377. The lowest BCUT2D eigenvalue weighted by molar-refractivity contribution is -0.384. The fraction of sp³-hybridized carbons (Fsp3) is 0.385. The van der Waals surface area contributed by atoms with Gasteiger partial charge in [-0.15, -0.1) is 0 Å². The molecule has 0 atom stereocenters. The van der Waals surface area contributed by atoms with Gasteiger partial charge in [-0.05, 0) is 37.7 Å². The number of nitro benzene ring substituents is 1. The van der Waals surface area contributed by atoms with Crippen molar-refractivity contribution in [2.24, 2.45) is 5.16 Å². The molecular weight excluding hydrogens is 374 g/mol. The molecule has 0 N–H and O–H groups in total. The van der Waals surface area contributed by atoms with Crippen LogP contribution in [0.15, 0.2) is 29.4 Å². The lowest BCUT2D eigenvalue weighted by atomic mass is 10.2. The number of rotatable bonds is 6. The minimum atomic E-state index is -3.78. The van der Waals surface area contributed by atoms with Crippen LogP contribution in [-0.2, 0) is 14.4 Å². The molecule has 0 unspecified atom stereocenters. The van der Waals surface area contributed by atoms with E-state index in [1.165, 1.54) is 24.3 Å². The Morgan fingerprint density at radius 3 is 2.29 bits per heavy atom. The van der Waals surface area contributed by atoms with Crippen LogP contribution in [0.4, 0.5) is 5.69 Å². The average Bonchev–Trinajstić information content (AvgIpc) is 2.51. The molecule has 0 amide bonds. The molecule has 0 saturated carbocycles. The van der Waals surface area contributed by atoms with Gasteiger partial charge in [-0.2, -0.15) is 8.42 Å². The summed E-state index contributed by atoms with van der Waals surface area (Å²) in [7, 11) is -3.78. The van der Waals surface area contributed by atoms with Crippen molar-refractivity contribution in [3.05, 3.63) is 39.9 Å². The predicted molar refractivity (Wildman–Crippen MR) is 98.7 cm³/mol. The molecule has 0 heterocycles. The lowest BCUT2D eigenvalue weighted by Gasteiger charge is -2.21. The molecule has 0 bridgehead atoms. The van der Waals surface area contributed by atoms with Crippen molar-refractivity contribution in [1.82, 2.24) is 4.90 Å². The Labute approximate surface area is 150 Å². The quantitative estimate of drug-likeness (QED) is 0.240. The third-order valence-corrected chi connectivity index (χ3v) is 4.58. The maximum Gasteiger partial charge on any atom is 0.325 e. The highest BCUT2D eigenvalue weighted by atomic mass is 32.2. The number of nitrogens with zero attached hydrogens (tertiary/aromatic N) is 3. The molecule has 0 aliphatic heterocycles. The highest BCUT2D eigenvalue weighted by molar-refractivity contribution is 8.33. The summed E-state index contributed by atoms with van der Waals surface area (Å²) in [5.74, 6) is 0. The molecule has 132 valence electrons. The predicted octanol–water partition coefficient (Wildman–Crippen LogP) is 2.59. The monoisotopic (exact) mass is 391 g/mol. The fourth-order valence-corrected chi connectivity index (χ4v) is 3.22. The summed E-state index contributed by atoms with van der Waals surface area (Å²) >= 11 is 6.38. The molecule has 0 aliphatic rings. The first-order valence-corrected chi connectivity index (χ1v) is 9.90. The summed E-state index contributed by atoms with van der Waals surface area (Å²) in [6.45, 7) is 5.24. The molecular formula is C13H17N3O5S3. The number of hydrogen-bond donors (Lipinski definition) is 0. The lowest BCUT2D eigenvalue weighted by Crippen LogP contribution is -2.27. The van der Waals surface area contributed by atoms with E-state index in [0.29, 0.717) is 23.0 Å². The van der Waals surface area contributed by atoms with Crippen molar-refractivity contribution >= 4 is 49.1 Å². The zero-order valence-corrected chi connectivity index (χ0v) is 15.8.